The molecule has 0 aliphatic rings. The minimum atomic E-state index is -0.266. The molecule has 0 radical (unpaired) electrons. The van der Waals surface area contributed by atoms with Crippen LogP contribution in [0.1, 0.15) is 16.9 Å². The largest absolute Gasteiger partial charge is 0.492 e. The Bertz CT molecular complexity index is 665. The molecule has 0 saturated carbocycles. The maximum atomic E-state index is 11.3. The fourth-order valence-corrected chi connectivity index (χ4v) is 2.20. The Morgan fingerprint density at radius 2 is 2.04 bits per heavy atom. The van der Waals surface area contributed by atoms with E-state index in [4.69, 9.17) is 27.9 Å². The van der Waals surface area contributed by atoms with Crippen molar-refractivity contribution in [3.63, 3.8) is 0 Å². The van der Waals surface area contributed by atoms with Gasteiger partial charge in [0.15, 0.2) is 5.69 Å². The van der Waals surface area contributed by atoms with Gasteiger partial charge in [-0.05, 0) is 36.8 Å². The van der Waals surface area contributed by atoms with Gasteiger partial charge >= 0.3 is 0 Å². The van der Waals surface area contributed by atoms with Crippen LogP contribution in [-0.4, -0.2) is 36.3 Å². The lowest BCUT2D eigenvalue weighted by Gasteiger charge is -2.09. The van der Waals surface area contributed by atoms with Crippen molar-refractivity contribution in [3.8, 4) is 5.75 Å². The van der Waals surface area contributed by atoms with Crippen molar-refractivity contribution in [2.75, 3.05) is 25.5 Å². The molecular weight excluding hydrogens is 339 g/mol. The molecule has 0 spiro atoms. The predicted molar refractivity (Wildman–Crippen MR) is 90.5 cm³/mol. The fraction of sp³-hybridized carbons (Fsp3) is 0.267. The molecule has 122 valence electrons. The third-order valence-electron chi connectivity index (χ3n) is 2.90. The molecule has 2 aromatic rings. The van der Waals surface area contributed by atoms with Gasteiger partial charge in [0.1, 0.15) is 11.6 Å². The molecule has 1 amide bonds. The highest BCUT2D eigenvalue weighted by molar-refractivity contribution is 6.35. The second-order valence-corrected chi connectivity index (χ2v) is 5.43. The maximum absolute atomic E-state index is 11.3. The zero-order chi connectivity index (χ0) is 16.7. The summed E-state index contributed by atoms with van der Waals surface area (Å²) in [5.74, 6) is 0.935. The number of halogens is 2. The summed E-state index contributed by atoms with van der Waals surface area (Å²) in [6.45, 7) is 1.15. The number of hydrogen-bond acceptors (Lipinski definition) is 5. The van der Waals surface area contributed by atoms with Crippen LogP contribution in [0.3, 0.4) is 0 Å². The minimum Gasteiger partial charge on any atom is -0.492 e. The van der Waals surface area contributed by atoms with Crippen LogP contribution in [0.15, 0.2) is 30.3 Å². The molecule has 1 aromatic carbocycles. The van der Waals surface area contributed by atoms with E-state index < -0.39 is 0 Å². The molecule has 0 fully saturated rings. The van der Waals surface area contributed by atoms with Gasteiger partial charge in [-0.3, -0.25) is 4.79 Å². The Hall–Kier alpha value is -2.05. The zero-order valence-electron chi connectivity index (χ0n) is 12.5. The van der Waals surface area contributed by atoms with Gasteiger partial charge < -0.3 is 15.4 Å². The summed E-state index contributed by atoms with van der Waals surface area (Å²) in [6, 6.07) is 8.42. The van der Waals surface area contributed by atoms with Gasteiger partial charge in [-0.25, -0.2) is 0 Å². The third kappa shape index (κ3) is 5.26. The first-order chi connectivity index (χ1) is 11.1. The smallest absolute Gasteiger partial charge is 0.271 e. The van der Waals surface area contributed by atoms with E-state index in [-0.39, 0.29) is 11.6 Å². The van der Waals surface area contributed by atoms with E-state index in [1.165, 1.54) is 0 Å². The second kappa shape index (κ2) is 8.55. The van der Waals surface area contributed by atoms with Crippen LogP contribution in [0.25, 0.3) is 0 Å². The predicted octanol–water partition coefficient (Wildman–Crippen LogP) is 3.02. The van der Waals surface area contributed by atoms with Gasteiger partial charge in [0.2, 0.25) is 0 Å². The molecular formula is C15H16Cl2N4O2. The standard InChI is InChI=1S/C15H16Cl2N4O2/c1-18-15(22)12-4-6-14(21-20-12)19-7-2-8-23-13-5-3-10(16)9-11(13)17/h3-6,9H,2,7-8H2,1H3,(H,18,22)(H,19,21). The number of aromatic nitrogens is 2. The van der Waals surface area contributed by atoms with Crippen molar-refractivity contribution in [3.05, 3.63) is 46.1 Å². The number of carbonyl (C=O) groups excluding carboxylic acids is 1. The lowest BCUT2D eigenvalue weighted by molar-refractivity contribution is 0.0957. The summed E-state index contributed by atoms with van der Waals surface area (Å²) in [6.07, 6.45) is 0.748. The number of rotatable bonds is 7. The molecule has 2 rings (SSSR count). The number of nitrogens with one attached hydrogen (secondary N) is 2. The molecule has 1 heterocycles. The molecule has 0 atom stereocenters. The molecule has 0 aliphatic heterocycles. The molecule has 0 unspecified atom stereocenters. The van der Waals surface area contributed by atoms with Crippen molar-refractivity contribution < 1.29 is 9.53 Å². The molecule has 2 N–H and O–H groups in total. The maximum Gasteiger partial charge on any atom is 0.271 e. The minimum absolute atomic E-state index is 0.266. The molecule has 23 heavy (non-hydrogen) atoms. The van der Waals surface area contributed by atoms with Crippen molar-refractivity contribution in [1.29, 1.82) is 0 Å². The first-order valence-corrected chi connectivity index (χ1v) is 7.73. The van der Waals surface area contributed by atoms with Crippen LogP contribution in [0.4, 0.5) is 5.82 Å². The number of anilines is 1. The Morgan fingerprint density at radius 1 is 1.22 bits per heavy atom. The lowest BCUT2D eigenvalue weighted by Crippen LogP contribution is -2.20. The van der Waals surface area contributed by atoms with Crippen LogP contribution in [-0.2, 0) is 0 Å². The monoisotopic (exact) mass is 354 g/mol. The van der Waals surface area contributed by atoms with Gasteiger partial charge in [0.25, 0.3) is 5.91 Å². The summed E-state index contributed by atoms with van der Waals surface area (Å²) in [7, 11) is 1.54. The molecule has 0 aliphatic carbocycles. The van der Waals surface area contributed by atoms with E-state index in [2.05, 4.69) is 20.8 Å². The van der Waals surface area contributed by atoms with Crippen LogP contribution in [0, 0.1) is 0 Å². The van der Waals surface area contributed by atoms with E-state index in [1.54, 1.807) is 37.4 Å². The summed E-state index contributed by atoms with van der Waals surface area (Å²) in [5, 5.41) is 14.4. The number of carbonyl (C=O) groups is 1. The van der Waals surface area contributed by atoms with E-state index in [1.807, 2.05) is 0 Å². The van der Waals surface area contributed by atoms with Crippen molar-refractivity contribution >= 4 is 34.9 Å². The summed E-state index contributed by atoms with van der Waals surface area (Å²) in [4.78, 5) is 11.3. The first kappa shape index (κ1) is 17.3. The number of amides is 1. The fourth-order valence-electron chi connectivity index (χ4n) is 1.74. The van der Waals surface area contributed by atoms with E-state index in [9.17, 15) is 4.79 Å². The molecule has 8 heteroatoms. The van der Waals surface area contributed by atoms with Crippen LogP contribution < -0.4 is 15.4 Å². The Kier molecular flexibility index (Phi) is 6.43. The number of nitrogens with zero attached hydrogens (tertiary/aromatic N) is 2. The van der Waals surface area contributed by atoms with Crippen molar-refractivity contribution in [1.82, 2.24) is 15.5 Å². The Balaban J connectivity index is 1.72. The quantitative estimate of drug-likeness (QED) is 0.747. The summed E-state index contributed by atoms with van der Waals surface area (Å²) < 4.78 is 5.58. The normalized spacial score (nSPS) is 10.2. The Labute approximate surface area is 144 Å². The van der Waals surface area contributed by atoms with Crippen LogP contribution in [0.2, 0.25) is 10.0 Å². The van der Waals surface area contributed by atoms with Gasteiger partial charge in [-0.15, -0.1) is 10.2 Å². The molecule has 1 aromatic heterocycles. The first-order valence-electron chi connectivity index (χ1n) is 6.97. The van der Waals surface area contributed by atoms with Gasteiger partial charge in [0, 0.05) is 18.6 Å². The third-order valence-corrected chi connectivity index (χ3v) is 3.43. The average Bonchev–Trinajstić information content (AvgIpc) is 2.56. The van der Waals surface area contributed by atoms with Crippen LogP contribution in [0.5, 0.6) is 5.75 Å². The van der Waals surface area contributed by atoms with Gasteiger partial charge in [-0.2, -0.15) is 0 Å². The molecule has 6 nitrogen and oxygen atoms in total. The topological polar surface area (TPSA) is 76.1 Å². The van der Waals surface area contributed by atoms with Crippen LogP contribution >= 0.6 is 23.2 Å². The molecule has 0 bridgehead atoms. The lowest BCUT2D eigenvalue weighted by atomic mass is 10.3. The van der Waals surface area contributed by atoms with Crippen molar-refractivity contribution in [2.24, 2.45) is 0 Å². The summed E-state index contributed by atoms with van der Waals surface area (Å²) >= 11 is 11.8. The second-order valence-electron chi connectivity index (χ2n) is 4.59. The molecule has 0 saturated heterocycles. The number of benzene rings is 1. The van der Waals surface area contributed by atoms with Crippen molar-refractivity contribution in [2.45, 2.75) is 6.42 Å². The highest BCUT2D eigenvalue weighted by Crippen LogP contribution is 2.27. The summed E-state index contributed by atoms with van der Waals surface area (Å²) in [5.41, 5.74) is 0.277. The number of hydrogen-bond donors (Lipinski definition) is 2. The highest BCUT2D eigenvalue weighted by Gasteiger charge is 2.05. The van der Waals surface area contributed by atoms with E-state index in [0.29, 0.717) is 34.8 Å². The average molecular weight is 355 g/mol. The van der Waals surface area contributed by atoms with E-state index >= 15 is 0 Å². The van der Waals surface area contributed by atoms with Gasteiger partial charge in [-0.1, -0.05) is 23.2 Å². The SMILES string of the molecule is CNC(=O)c1ccc(NCCCOc2ccc(Cl)cc2Cl)nn1. The highest BCUT2D eigenvalue weighted by atomic mass is 35.5. The van der Waals surface area contributed by atoms with E-state index in [0.717, 1.165) is 6.42 Å². The zero-order valence-corrected chi connectivity index (χ0v) is 14.0. The van der Waals surface area contributed by atoms with Gasteiger partial charge in [0.05, 0.1) is 11.6 Å². The number of ether oxygens (including phenoxy) is 1. The Morgan fingerprint density at radius 3 is 2.70 bits per heavy atom.